The van der Waals surface area contributed by atoms with E-state index >= 15 is 0 Å². The molecule has 0 radical (unpaired) electrons. The lowest BCUT2D eigenvalue weighted by Crippen LogP contribution is -2.35. The van der Waals surface area contributed by atoms with Crippen LogP contribution in [0, 0.1) is 11.6 Å². The summed E-state index contributed by atoms with van der Waals surface area (Å²) in [5.74, 6) is -0.817. The monoisotopic (exact) mass is 399 g/mol. The van der Waals surface area contributed by atoms with Crippen LogP contribution in [0.25, 0.3) is 0 Å². The van der Waals surface area contributed by atoms with Gasteiger partial charge in [-0.15, -0.1) is 0 Å². The van der Waals surface area contributed by atoms with Gasteiger partial charge in [0.15, 0.2) is 22.6 Å². The number of aliphatic imine (C=N–C) groups is 1. The van der Waals surface area contributed by atoms with Gasteiger partial charge in [-0.25, -0.2) is 18.7 Å². The number of hydrazine groups is 1. The van der Waals surface area contributed by atoms with Crippen LogP contribution in [0.1, 0.15) is 5.69 Å². The Bertz CT molecular complexity index is 751. The van der Waals surface area contributed by atoms with Crippen molar-refractivity contribution < 1.29 is 8.78 Å². The highest BCUT2D eigenvalue weighted by Crippen LogP contribution is 2.24. The molecule has 120 valence electrons. The number of hydrogen-bond donors (Lipinski definition) is 1. The van der Waals surface area contributed by atoms with Gasteiger partial charge in [-0.3, -0.25) is 15.4 Å². The molecule has 0 unspecified atom stereocenters. The quantitative estimate of drug-likeness (QED) is 0.631. The van der Waals surface area contributed by atoms with E-state index in [1.54, 1.807) is 11.2 Å². The molecule has 2 heterocycles. The SMILES string of the molecule is CSc1ncc(Br)c(C2=NCCN2Nc2c(F)cccc2F)n1. The van der Waals surface area contributed by atoms with Crippen molar-refractivity contribution in [3.63, 3.8) is 0 Å². The van der Waals surface area contributed by atoms with E-state index in [-0.39, 0.29) is 5.69 Å². The second-order valence-corrected chi connectivity index (χ2v) is 6.25. The first-order valence-electron chi connectivity index (χ1n) is 6.69. The third-order valence-corrected chi connectivity index (χ3v) is 4.31. The second-order valence-electron chi connectivity index (χ2n) is 4.62. The topological polar surface area (TPSA) is 53.4 Å². The van der Waals surface area contributed by atoms with Gasteiger partial charge in [-0.1, -0.05) is 17.8 Å². The van der Waals surface area contributed by atoms with E-state index in [4.69, 9.17) is 0 Å². The molecule has 1 aromatic carbocycles. The number of halogens is 3. The van der Waals surface area contributed by atoms with E-state index in [1.807, 2.05) is 6.26 Å². The molecule has 1 N–H and O–H groups in total. The zero-order valence-electron chi connectivity index (χ0n) is 12.1. The highest BCUT2D eigenvalue weighted by molar-refractivity contribution is 9.10. The molecule has 1 aliphatic rings. The molecule has 0 saturated heterocycles. The minimum Gasteiger partial charge on any atom is -0.291 e. The Balaban J connectivity index is 1.92. The van der Waals surface area contributed by atoms with Crippen LogP contribution in [0.4, 0.5) is 14.5 Å². The van der Waals surface area contributed by atoms with Gasteiger partial charge in [-0.2, -0.15) is 0 Å². The first kappa shape index (κ1) is 16.1. The van der Waals surface area contributed by atoms with E-state index in [0.29, 0.717) is 34.2 Å². The lowest BCUT2D eigenvalue weighted by atomic mass is 10.3. The fourth-order valence-corrected chi connectivity index (χ4v) is 2.81. The Morgan fingerprint density at radius 3 is 2.74 bits per heavy atom. The summed E-state index contributed by atoms with van der Waals surface area (Å²) in [6.07, 6.45) is 3.51. The summed E-state index contributed by atoms with van der Waals surface area (Å²) in [7, 11) is 0. The lowest BCUT2D eigenvalue weighted by Gasteiger charge is -2.23. The summed E-state index contributed by atoms with van der Waals surface area (Å²) < 4.78 is 28.3. The normalized spacial score (nSPS) is 14.1. The van der Waals surface area contributed by atoms with Crippen LogP contribution in [-0.2, 0) is 0 Å². The highest BCUT2D eigenvalue weighted by atomic mass is 79.9. The smallest absolute Gasteiger partial charge is 0.187 e. The zero-order chi connectivity index (χ0) is 16.4. The number of anilines is 1. The van der Waals surface area contributed by atoms with E-state index in [9.17, 15) is 8.78 Å². The van der Waals surface area contributed by atoms with Crippen LogP contribution in [0.2, 0.25) is 0 Å². The molecular formula is C14H12BrF2N5S. The molecule has 0 bridgehead atoms. The minimum absolute atomic E-state index is 0.211. The number of benzene rings is 1. The summed E-state index contributed by atoms with van der Waals surface area (Å²) in [5, 5.41) is 2.17. The molecule has 23 heavy (non-hydrogen) atoms. The van der Waals surface area contributed by atoms with Gasteiger partial charge >= 0.3 is 0 Å². The summed E-state index contributed by atoms with van der Waals surface area (Å²) in [4.78, 5) is 13.0. The summed E-state index contributed by atoms with van der Waals surface area (Å²) in [6, 6.07) is 3.72. The van der Waals surface area contributed by atoms with Crippen LogP contribution in [0.5, 0.6) is 0 Å². The van der Waals surface area contributed by atoms with E-state index in [1.165, 1.54) is 30.0 Å². The Morgan fingerprint density at radius 1 is 1.30 bits per heavy atom. The Labute approximate surface area is 144 Å². The fraction of sp³-hybridized carbons (Fsp3) is 0.214. The standard InChI is InChI=1S/C14H12BrF2N5S/c1-23-14-19-7-8(15)11(20-14)13-18-5-6-22(13)21-12-9(16)3-2-4-10(12)17/h2-4,7,21H,5-6H2,1H3. The molecule has 2 aromatic rings. The Kier molecular flexibility index (Phi) is 4.76. The molecule has 0 amide bonds. The number of para-hydroxylation sites is 1. The van der Waals surface area contributed by atoms with Gasteiger partial charge in [0.2, 0.25) is 0 Å². The van der Waals surface area contributed by atoms with Crippen molar-refractivity contribution in [3.05, 3.63) is 46.2 Å². The minimum atomic E-state index is -0.664. The van der Waals surface area contributed by atoms with Crippen molar-refractivity contribution in [2.75, 3.05) is 24.8 Å². The molecule has 0 saturated carbocycles. The third-order valence-electron chi connectivity index (χ3n) is 3.17. The van der Waals surface area contributed by atoms with Crippen molar-refractivity contribution >= 4 is 39.2 Å². The molecular weight excluding hydrogens is 388 g/mol. The molecule has 3 rings (SSSR count). The molecule has 0 fully saturated rings. The predicted octanol–water partition coefficient (Wildman–Crippen LogP) is 3.33. The summed E-state index contributed by atoms with van der Waals surface area (Å²) in [6.45, 7) is 0.984. The molecule has 5 nitrogen and oxygen atoms in total. The van der Waals surface area contributed by atoms with Crippen LogP contribution < -0.4 is 5.43 Å². The van der Waals surface area contributed by atoms with E-state index < -0.39 is 11.6 Å². The molecule has 0 atom stereocenters. The maximum absolute atomic E-state index is 13.8. The van der Waals surface area contributed by atoms with Gasteiger partial charge in [0.1, 0.15) is 11.4 Å². The first-order valence-corrected chi connectivity index (χ1v) is 8.71. The van der Waals surface area contributed by atoms with E-state index in [0.717, 1.165) is 0 Å². The number of hydrogen-bond acceptors (Lipinski definition) is 6. The van der Waals surface area contributed by atoms with Crippen molar-refractivity contribution in [1.82, 2.24) is 15.0 Å². The Hall–Kier alpha value is -1.74. The van der Waals surface area contributed by atoms with Crippen molar-refractivity contribution in [1.29, 1.82) is 0 Å². The molecule has 1 aliphatic heterocycles. The van der Waals surface area contributed by atoms with Crippen LogP contribution in [0.15, 0.2) is 39.0 Å². The van der Waals surface area contributed by atoms with Gasteiger partial charge in [0.25, 0.3) is 0 Å². The van der Waals surface area contributed by atoms with Crippen molar-refractivity contribution in [3.8, 4) is 0 Å². The highest BCUT2D eigenvalue weighted by Gasteiger charge is 2.24. The maximum atomic E-state index is 13.8. The average molecular weight is 400 g/mol. The molecule has 0 aliphatic carbocycles. The largest absolute Gasteiger partial charge is 0.291 e. The third kappa shape index (κ3) is 3.30. The number of aromatic nitrogens is 2. The van der Waals surface area contributed by atoms with Crippen LogP contribution >= 0.6 is 27.7 Å². The number of rotatable bonds is 4. The summed E-state index contributed by atoms with van der Waals surface area (Å²) >= 11 is 4.80. The second kappa shape index (κ2) is 6.79. The van der Waals surface area contributed by atoms with Gasteiger partial charge in [0, 0.05) is 6.20 Å². The van der Waals surface area contributed by atoms with Gasteiger partial charge < -0.3 is 0 Å². The molecule has 1 aromatic heterocycles. The molecule has 9 heteroatoms. The van der Waals surface area contributed by atoms with Crippen LogP contribution in [0.3, 0.4) is 0 Å². The number of nitrogens with one attached hydrogen (secondary N) is 1. The molecule has 0 spiro atoms. The van der Waals surface area contributed by atoms with Crippen molar-refractivity contribution in [2.45, 2.75) is 5.16 Å². The fourth-order valence-electron chi connectivity index (χ4n) is 2.10. The predicted molar refractivity (Wildman–Crippen MR) is 89.6 cm³/mol. The van der Waals surface area contributed by atoms with E-state index in [2.05, 4.69) is 36.3 Å². The number of nitrogens with zero attached hydrogens (tertiary/aromatic N) is 4. The maximum Gasteiger partial charge on any atom is 0.187 e. The zero-order valence-corrected chi connectivity index (χ0v) is 14.5. The number of thioether (sulfide) groups is 1. The van der Waals surface area contributed by atoms with Gasteiger partial charge in [0.05, 0.1) is 17.6 Å². The van der Waals surface area contributed by atoms with Gasteiger partial charge in [-0.05, 0) is 34.3 Å². The van der Waals surface area contributed by atoms with Crippen molar-refractivity contribution in [2.24, 2.45) is 4.99 Å². The lowest BCUT2D eigenvalue weighted by molar-refractivity contribution is 0.515. The summed E-state index contributed by atoms with van der Waals surface area (Å²) in [5.41, 5.74) is 3.12. The average Bonchev–Trinajstić information content (AvgIpc) is 2.99. The van der Waals surface area contributed by atoms with Crippen LogP contribution in [-0.4, -0.2) is 40.2 Å². The first-order chi connectivity index (χ1) is 11.1. The Morgan fingerprint density at radius 2 is 2.04 bits per heavy atom. The number of amidine groups is 1.